The monoisotopic (exact) mass is 620 g/mol. The second kappa shape index (κ2) is 13.9. The molecule has 0 atom stereocenters. The van der Waals surface area contributed by atoms with Gasteiger partial charge in [-0.15, -0.1) is 0 Å². The lowest BCUT2D eigenvalue weighted by Gasteiger charge is -2.40. The summed E-state index contributed by atoms with van der Waals surface area (Å²) in [5.41, 5.74) is 5.15. The van der Waals surface area contributed by atoms with Crippen LogP contribution >= 0.6 is 0 Å². The minimum atomic E-state index is -1.07. The van der Waals surface area contributed by atoms with Crippen molar-refractivity contribution in [2.45, 2.75) is 50.5 Å². The maximum Gasteiger partial charge on any atom is 0.252 e. The molecule has 1 amide bonds. The summed E-state index contributed by atoms with van der Waals surface area (Å²) in [5, 5.41) is 4.09. The molecule has 46 heavy (non-hydrogen) atoms. The first-order valence-electron chi connectivity index (χ1n) is 16.8. The molecule has 3 aliphatic rings. The summed E-state index contributed by atoms with van der Waals surface area (Å²) in [5.74, 6) is -0.466. The number of aromatic nitrogens is 1. The van der Waals surface area contributed by atoms with Crippen LogP contribution in [0.2, 0.25) is 0 Å². The lowest BCUT2D eigenvalue weighted by atomic mass is 9.94. The van der Waals surface area contributed by atoms with Gasteiger partial charge in [-0.25, -0.2) is 4.98 Å². The SMILES string of the molecule is COc1ccc(C2(CNC(=O)c3c(CN4CCC(N5CCCCC5)CC4)c(-c4ccccc4)nc4ccccc34)OCCO2)cc1. The molecule has 3 fully saturated rings. The van der Waals surface area contributed by atoms with Crippen LogP contribution in [0.5, 0.6) is 5.75 Å². The summed E-state index contributed by atoms with van der Waals surface area (Å²) >= 11 is 0. The fourth-order valence-electron chi connectivity index (χ4n) is 7.40. The molecule has 8 nitrogen and oxygen atoms in total. The standard InChI is InChI=1S/C38H44N4O4/c1-44-31-16-14-29(15-17-31)38(45-24-25-46-38)27-39-37(43)35-32-12-6-7-13-34(32)40-36(28-10-4-2-5-11-28)33(35)26-41-22-18-30(19-23-41)42-20-8-3-9-21-42/h2,4-7,10-17,30H,3,8-9,18-27H2,1H3,(H,39,43). The summed E-state index contributed by atoms with van der Waals surface area (Å²) in [7, 11) is 1.64. The largest absolute Gasteiger partial charge is 0.497 e. The number of pyridine rings is 1. The van der Waals surface area contributed by atoms with Crippen molar-refractivity contribution in [3.05, 3.63) is 95.6 Å². The van der Waals surface area contributed by atoms with E-state index >= 15 is 0 Å². The number of carbonyl (C=O) groups is 1. The summed E-state index contributed by atoms with van der Waals surface area (Å²) in [6, 6.07) is 26.5. The van der Waals surface area contributed by atoms with Crippen molar-refractivity contribution < 1.29 is 19.0 Å². The third kappa shape index (κ3) is 6.40. The molecule has 4 heterocycles. The first-order valence-corrected chi connectivity index (χ1v) is 16.8. The third-order valence-corrected chi connectivity index (χ3v) is 9.88. The Morgan fingerprint density at radius 3 is 2.30 bits per heavy atom. The molecule has 8 heteroatoms. The molecular weight excluding hydrogens is 576 g/mol. The molecule has 7 rings (SSSR count). The molecule has 0 saturated carbocycles. The molecule has 3 aliphatic heterocycles. The van der Waals surface area contributed by atoms with Crippen molar-refractivity contribution in [2.24, 2.45) is 0 Å². The van der Waals surface area contributed by atoms with Gasteiger partial charge < -0.3 is 24.4 Å². The highest BCUT2D eigenvalue weighted by Gasteiger charge is 2.39. The van der Waals surface area contributed by atoms with E-state index in [0.717, 1.165) is 65.0 Å². The second-order valence-electron chi connectivity index (χ2n) is 12.7. The van der Waals surface area contributed by atoms with E-state index in [9.17, 15) is 4.79 Å². The summed E-state index contributed by atoms with van der Waals surface area (Å²) < 4.78 is 17.7. The summed E-state index contributed by atoms with van der Waals surface area (Å²) in [4.78, 5) is 24.9. The maximum atomic E-state index is 14.5. The zero-order chi connectivity index (χ0) is 31.3. The van der Waals surface area contributed by atoms with Gasteiger partial charge in [-0.05, 0) is 82.2 Å². The molecule has 240 valence electrons. The Kier molecular flexibility index (Phi) is 9.31. The number of hydrogen-bond donors (Lipinski definition) is 1. The smallest absolute Gasteiger partial charge is 0.252 e. The Hall–Kier alpha value is -3.82. The molecule has 0 aliphatic carbocycles. The maximum absolute atomic E-state index is 14.5. The lowest BCUT2D eigenvalue weighted by Crippen LogP contribution is -2.46. The van der Waals surface area contributed by atoms with Gasteiger partial charge in [-0.2, -0.15) is 0 Å². The Balaban J connectivity index is 1.21. The molecule has 1 aromatic heterocycles. The zero-order valence-corrected chi connectivity index (χ0v) is 26.7. The number of para-hydroxylation sites is 1. The van der Waals surface area contributed by atoms with Crippen LogP contribution in [0.1, 0.15) is 53.6 Å². The van der Waals surface area contributed by atoms with Crippen molar-refractivity contribution in [1.29, 1.82) is 0 Å². The van der Waals surface area contributed by atoms with Gasteiger partial charge >= 0.3 is 0 Å². The lowest BCUT2D eigenvalue weighted by molar-refractivity contribution is -0.160. The predicted molar refractivity (Wildman–Crippen MR) is 180 cm³/mol. The number of nitrogens with one attached hydrogen (secondary N) is 1. The predicted octanol–water partition coefficient (Wildman–Crippen LogP) is 5.99. The molecule has 0 unspecified atom stereocenters. The molecule has 3 saturated heterocycles. The molecule has 4 aromatic rings. The van der Waals surface area contributed by atoms with E-state index in [1.165, 1.54) is 32.4 Å². The molecule has 1 N–H and O–H groups in total. The van der Waals surface area contributed by atoms with Crippen molar-refractivity contribution in [3.63, 3.8) is 0 Å². The highest BCUT2D eigenvalue weighted by atomic mass is 16.7. The Labute approximate surface area is 271 Å². The summed E-state index contributed by atoms with van der Waals surface area (Å²) in [6.45, 7) is 6.22. The van der Waals surface area contributed by atoms with Gasteiger partial charge in [0.25, 0.3) is 5.91 Å². The van der Waals surface area contributed by atoms with Gasteiger partial charge in [-0.3, -0.25) is 9.69 Å². The highest BCUT2D eigenvalue weighted by Crippen LogP contribution is 2.35. The molecule has 0 spiro atoms. The van der Waals surface area contributed by atoms with Crippen LogP contribution in [0.4, 0.5) is 0 Å². The van der Waals surface area contributed by atoms with Crippen LogP contribution in [-0.4, -0.2) is 79.8 Å². The first kappa shape index (κ1) is 30.8. The van der Waals surface area contributed by atoms with Crippen molar-refractivity contribution >= 4 is 16.8 Å². The van der Waals surface area contributed by atoms with Gasteiger partial charge in [-0.1, -0.05) is 55.0 Å². The van der Waals surface area contributed by atoms with Gasteiger partial charge in [0.05, 0.1) is 43.6 Å². The third-order valence-electron chi connectivity index (χ3n) is 9.88. The minimum absolute atomic E-state index is 0.152. The Bertz CT molecular complexity index is 1620. The number of likely N-dealkylation sites (tertiary alicyclic amines) is 2. The number of nitrogens with zero attached hydrogens (tertiary/aromatic N) is 3. The van der Waals surface area contributed by atoms with Gasteiger partial charge in [0, 0.05) is 34.7 Å². The molecular formula is C38H44N4O4. The van der Waals surface area contributed by atoms with Gasteiger partial charge in [0.1, 0.15) is 5.75 Å². The van der Waals surface area contributed by atoms with Crippen LogP contribution in [0, 0.1) is 0 Å². The molecule has 0 radical (unpaired) electrons. The van der Waals surface area contributed by atoms with E-state index in [4.69, 9.17) is 19.2 Å². The number of carbonyl (C=O) groups excluding carboxylic acids is 1. The Morgan fingerprint density at radius 1 is 0.891 bits per heavy atom. The van der Waals surface area contributed by atoms with E-state index < -0.39 is 5.79 Å². The van der Waals surface area contributed by atoms with E-state index in [2.05, 4.69) is 27.2 Å². The minimum Gasteiger partial charge on any atom is -0.497 e. The number of hydrogen-bond acceptors (Lipinski definition) is 7. The number of amides is 1. The van der Waals surface area contributed by atoms with Crippen LogP contribution in [-0.2, 0) is 21.8 Å². The van der Waals surface area contributed by atoms with E-state index in [1.807, 2.05) is 66.7 Å². The van der Waals surface area contributed by atoms with Crippen LogP contribution < -0.4 is 10.1 Å². The fraction of sp³-hybridized carbons (Fsp3) is 0.421. The number of methoxy groups -OCH3 is 1. The number of fused-ring (bicyclic) bond motifs is 1. The zero-order valence-electron chi connectivity index (χ0n) is 26.7. The van der Waals surface area contributed by atoms with Crippen molar-refractivity contribution in [2.75, 3.05) is 53.0 Å². The van der Waals surface area contributed by atoms with Crippen molar-refractivity contribution in [3.8, 4) is 17.0 Å². The second-order valence-corrected chi connectivity index (χ2v) is 12.7. The number of ether oxygens (including phenoxy) is 3. The van der Waals surface area contributed by atoms with E-state index in [1.54, 1.807) is 7.11 Å². The normalized spacial score (nSPS) is 19.3. The summed E-state index contributed by atoms with van der Waals surface area (Å²) in [6.07, 6.45) is 6.30. The van der Waals surface area contributed by atoms with E-state index in [-0.39, 0.29) is 12.5 Å². The average Bonchev–Trinajstić information content (AvgIpc) is 3.61. The quantitative estimate of drug-likeness (QED) is 0.246. The Morgan fingerprint density at radius 2 is 1.59 bits per heavy atom. The fourth-order valence-corrected chi connectivity index (χ4v) is 7.40. The van der Waals surface area contributed by atoms with Gasteiger partial charge in [0.2, 0.25) is 5.79 Å². The average molecular weight is 621 g/mol. The highest BCUT2D eigenvalue weighted by molar-refractivity contribution is 6.09. The van der Waals surface area contributed by atoms with Crippen LogP contribution in [0.25, 0.3) is 22.2 Å². The number of benzene rings is 3. The molecule has 3 aromatic carbocycles. The van der Waals surface area contributed by atoms with Crippen LogP contribution in [0.3, 0.4) is 0 Å². The van der Waals surface area contributed by atoms with E-state index in [0.29, 0.717) is 31.4 Å². The van der Waals surface area contributed by atoms with Gasteiger partial charge in [0.15, 0.2) is 0 Å². The van der Waals surface area contributed by atoms with Crippen molar-refractivity contribution in [1.82, 2.24) is 20.1 Å². The van der Waals surface area contributed by atoms with Crippen LogP contribution in [0.15, 0.2) is 78.9 Å². The number of piperidine rings is 2. The first-order chi connectivity index (χ1) is 22.6. The molecule has 0 bridgehead atoms. The number of rotatable bonds is 9. The topological polar surface area (TPSA) is 76.2 Å².